The van der Waals surface area contributed by atoms with Crippen molar-refractivity contribution in [3.05, 3.63) is 65.5 Å². The third-order valence-electron chi connectivity index (χ3n) is 4.67. The molecule has 0 amide bonds. The number of aryl methyl sites for hydroxylation is 2. The zero-order valence-electron chi connectivity index (χ0n) is 17.5. The van der Waals surface area contributed by atoms with Gasteiger partial charge in [-0.2, -0.15) is 0 Å². The number of rotatable bonds is 9. The summed E-state index contributed by atoms with van der Waals surface area (Å²) in [5.74, 6) is 3.78. The number of hydrogen-bond donors (Lipinski definition) is 2. The van der Waals surface area contributed by atoms with Crippen LogP contribution in [0.1, 0.15) is 23.9 Å². The Morgan fingerprint density at radius 1 is 0.897 bits per heavy atom. The Kier molecular flexibility index (Phi) is 6.89. The minimum absolute atomic E-state index is 0.720. The van der Waals surface area contributed by atoms with Crippen LogP contribution < -0.4 is 20.1 Å². The van der Waals surface area contributed by atoms with Crippen LogP contribution in [-0.4, -0.2) is 30.7 Å². The second-order valence-electron chi connectivity index (χ2n) is 6.69. The molecule has 6 nitrogen and oxygen atoms in total. The van der Waals surface area contributed by atoms with Gasteiger partial charge >= 0.3 is 0 Å². The maximum atomic E-state index is 5.37. The summed E-state index contributed by atoms with van der Waals surface area (Å²) in [6.07, 6.45) is 1.80. The van der Waals surface area contributed by atoms with Gasteiger partial charge < -0.3 is 20.1 Å². The summed E-state index contributed by atoms with van der Waals surface area (Å²) in [7, 11) is 3.29. The molecule has 2 aromatic carbocycles. The van der Waals surface area contributed by atoms with Crippen molar-refractivity contribution in [2.75, 3.05) is 31.4 Å². The lowest BCUT2D eigenvalue weighted by molar-refractivity contribution is 0.354. The highest BCUT2D eigenvalue weighted by Gasteiger charge is 2.07. The second-order valence-corrected chi connectivity index (χ2v) is 6.69. The van der Waals surface area contributed by atoms with Crippen molar-refractivity contribution in [1.29, 1.82) is 0 Å². The Labute approximate surface area is 172 Å². The Morgan fingerprint density at radius 3 is 2.41 bits per heavy atom. The normalized spacial score (nSPS) is 10.5. The van der Waals surface area contributed by atoms with E-state index in [0.29, 0.717) is 0 Å². The fourth-order valence-electron chi connectivity index (χ4n) is 3.18. The number of anilines is 3. The summed E-state index contributed by atoms with van der Waals surface area (Å²) < 4.78 is 10.7. The standard InChI is InChI=1S/C23H28N4O2/c1-5-18-8-6-7-9-19(18)27-23-15-22(25-16(2)26-23)24-13-12-17-10-11-20(28-3)21(14-17)29-4/h6-11,14-15H,5,12-13H2,1-4H3,(H2,24,25,26,27). The van der Waals surface area contributed by atoms with E-state index < -0.39 is 0 Å². The van der Waals surface area contributed by atoms with E-state index in [2.05, 4.69) is 45.7 Å². The number of benzene rings is 2. The molecule has 0 aliphatic carbocycles. The van der Waals surface area contributed by atoms with Crippen molar-refractivity contribution < 1.29 is 9.47 Å². The Morgan fingerprint density at radius 2 is 1.66 bits per heavy atom. The first kappa shape index (κ1) is 20.5. The monoisotopic (exact) mass is 392 g/mol. The van der Waals surface area contributed by atoms with Crippen LogP contribution in [0.25, 0.3) is 0 Å². The first-order chi connectivity index (χ1) is 14.1. The van der Waals surface area contributed by atoms with Crippen molar-refractivity contribution >= 4 is 17.3 Å². The average Bonchev–Trinajstić information content (AvgIpc) is 2.73. The van der Waals surface area contributed by atoms with Crippen molar-refractivity contribution in [1.82, 2.24) is 9.97 Å². The first-order valence-electron chi connectivity index (χ1n) is 9.78. The number of ether oxygens (including phenoxy) is 2. The highest BCUT2D eigenvalue weighted by atomic mass is 16.5. The van der Waals surface area contributed by atoms with Crippen LogP contribution in [-0.2, 0) is 12.8 Å². The molecule has 0 fully saturated rings. The van der Waals surface area contributed by atoms with Gasteiger partial charge in [-0.15, -0.1) is 0 Å². The molecule has 3 rings (SSSR count). The molecule has 6 heteroatoms. The smallest absolute Gasteiger partial charge is 0.160 e. The Hall–Kier alpha value is -3.28. The van der Waals surface area contributed by atoms with Gasteiger partial charge in [-0.25, -0.2) is 9.97 Å². The molecule has 0 aliphatic rings. The molecular weight excluding hydrogens is 364 g/mol. The first-order valence-corrected chi connectivity index (χ1v) is 9.78. The molecule has 0 saturated heterocycles. The van der Waals surface area contributed by atoms with Gasteiger partial charge in [0.1, 0.15) is 17.5 Å². The fraction of sp³-hybridized carbons (Fsp3) is 0.304. The van der Waals surface area contributed by atoms with Crippen molar-refractivity contribution in [3.8, 4) is 11.5 Å². The van der Waals surface area contributed by atoms with E-state index in [1.165, 1.54) is 5.56 Å². The van der Waals surface area contributed by atoms with E-state index in [1.54, 1.807) is 14.2 Å². The lowest BCUT2D eigenvalue weighted by Crippen LogP contribution is -2.09. The molecule has 1 heterocycles. The number of aromatic nitrogens is 2. The minimum Gasteiger partial charge on any atom is -0.493 e. The van der Waals surface area contributed by atoms with Crippen LogP contribution in [0.15, 0.2) is 48.5 Å². The highest BCUT2D eigenvalue weighted by Crippen LogP contribution is 2.27. The van der Waals surface area contributed by atoms with E-state index >= 15 is 0 Å². The van der Waals surface area contributed by atoms with Gasteiger partial charge in [0, 0.05) is 18.3 Å². The van der Waals surface area contributed by atoms with E-state index in [9.17, 15) is 0 Å². The topological polar surface area (TPSA) is 68.3 Å². The largest absolute Gasteiger partial charge is 0.493 e. The van der Waals surface area contributed by atoms with Gasteiger partial charge in [0.05, 0.1) is 14.2 Å². The number of nitrogens with zero attached hydrogens (tertiary/aromatic N) is 2. The van der Waals surface area contributed by atoms with Crippen LogP contribution in [0.5, 0.6) is 11.5 Å². The third-order valence-corrected chi connectivity index (χ3v) is 4.67. The fourth-order valence-corrected chi connectivity index (χ4v) is 3.18. The predicted octanol–water partition coefficient (Wildman–Crippen LogP) is 4.76. The molecule has 0 aliphatic heterocycles. The number of nitrogens with one attached hydrogen (secondary N) is 2. The number of hydrogen-bond acceptors (Lipinski definition) is 6. The maximum Gasteiger partial charge on any atom is 0.160 e. The van der Waals surface area contributed by atoms with Crippen LogP contribution in [0.2, 0.25) is 0 Å². The lowest BCUT2D eigenvalue weighted by atomic mass is 10.1. The van der Waals surface area contributed by atoms with Gasteiger partial charge in [-0.05, 0) is 49.1 Å². The number of para-hydroxylation sites is 1. The van der Waals surface area contributed by atoms with Gasteiger partial charge in [0.2, 0.25) is 0 Å². The lowest BCUT2D eigenvalue weighted by Gasteiger charge is -2.13. The van der Waals surface area contributed by atoms with Crippen molar-refractivity contribution in [2.45, 2.75) is 26.7 Å². The van der Waals surface area contributed by atoms with E-state index in [1.807, 2.05) is 37.3 Å². The summed E-state index contributed by atoms with van der Waals surface area (Å²) in [5.41, 5.74) is 3.49. The Balaban J connectivity index is 1.66. The van der Waals surface area contributed by atoms with Crippen LogP contribution >= 0.6 is 0 Å². The SMILES string of the molecule is CCc1ccccc1Nc1cc(NCCc2ccc(OC)c(OC)c2)nc(C)n1. The average molecular weight is 393 g/mol. The van der Waals surface area contributed by atoms with E-state index in [-0.39, 0.29) is 0 Å². The molecule has 0 bridgehead atoms. The summed E-state index contributed by atoms with van der Waals surface area (Å²) in [5, 5.41) is 6.81. The minimum atomic E-state index is 0.720. The van der Waals surface area contributed by atoms with E-state index in [0.717, 1.165) is 59.6 Å². The van der Waals surface area contributed by atoms with Gasteiger partial charge in [0.25, 0.3) is 0 Å². The molecule has 0 atom stereocenters. The van der Waals surface area contributed by atoms with Crippen LogP contribution in [0.3, 0.4) is 0 Å². The zero-order valence-corrected chi connectivity index (χ0v) is 17.5. The summed E-state index contributed by atoms with van der Waals surface area (Å²) in [4.78, 5) is 9.02. The molecule has 2 N–H and O–H groups in total. The second kappa shape index (κ2) is 9.78. The quantitative estimate of drug-likeness (QED) is 0.547. The molecular formula is C23H28N4O2. The molecule has 3 aromatic rings. The van der Waals surface area contributed by atoms with Crippen molar-refractivity contribution in [2.24, 2.45) is 0 Å². The molecule has 0 radical (unpaired) electrons. The van der Waals surface area contributed by atoms with Gasteiger partial charge in [-0.1, -0.05) is 31.2 Å². The summed E-state index contributed by atoms with van der Waals surface area (Å²) in [6, 6.07) is 16.2. The molecule has 29 heavy (non-hydrogen) atoms. The van der Waals surface area contributed by atoms with Crippen LogP contribution in [0, 0.1) is 6.92 Å². The van der Waals surface area contributed by atoms with Crippen molar-refractivity contribution in [3.63, 3.8) is 0 Å². The third kappa shape index (κ3) is 5.38. The molecule has 0 saturated carbocycles. The van der Waals surface area contributed by atoms with Gasteiger partial charge in [0.15, 0.2) is 11.5 Å². The van der Waals surface area contributed by atoms with Crippen LogP contribution in [0.4, 0.5) is 17.3 Å². The molecule has 1 aromatic heterocycles. The van der Waals surface area contributed by atoms with Gasteiger partial charge in [-0.3, -0.25) is 0 Å². The molecule has 0 unspecified atom stereocenters. The summed E-state index contributed by atoms with van der Waals surface area (Å²) in [6.45, 7) is 4.79. The van der Waals surface area contributed by atoms with E-state index in [4.69, 9.17) is 9.47 Å². The maximum absolute atomic E-state index is 5.37. The molecule has 0 spiro atoms. The zero-order chi connectivity index (χ0) is 20.6. The Bertz CT molecular complexity index is 959. The highest BCUT2D eigenvalue weighted by molar-refractivity contribution is 5.62. The number of methoxy groups -OCH3 is 2. The predicted molar refractivity (Wildman–Crippen MR) is 118 cm³/mol. The molecule has 152 valence electrons. The summed E-state index contributed by atoms with van der Waals surface area (Å²) >= 11 is 0.